The summed E-state index contributed by atoms with van der Waals surface area (Å²) in [7, 11) is 0. The molecule has 1 aromatic carbocycles. The Morgan fingerprint density at radius 1 is 1.37 bits per heavy atom. The van der Waals surface area contributed by atoms with Gasteiger partial charge in [0.05, 0.1) is 15.9 Å². The quantitative estimate of drug-likeness (QED) is 0.943. The minimum Gasteiger partial charge on any atom is -0.330 e. The molecule has 0 unspecified atom stereocenters. The van der Waals surface area contributed by atoms with Gasteiger partial charge < -0.3 is 5.73 Å². The molecular weight excluding hydrogens is 302 g/mol. The number of aromatic nitrogens is 2. The largest absolute Gasteiger partial charge is 0.330 e. The summed E-state index contributed by atoms with van der Waals surface area (Å²) in [5.74, 6) is 0. The SMILES string of the molecule is Cc1ccc(C)c(-n2cc(Br)c(C3(CN)CC3)n2)c1. The first-order chi connectivity index (χ1) is 9.05. The van der Waals surface area contributed by atoms with Gasteiger partial charge in [-0.25, -0.2) is 4.68 Å². The lowest BCUT2D eigenvalue weighted by atomic mass is 10.0. The molecule has 2 aromatic rings. The number of hydrogen-bond donors (Lipinski definition) is 1. The molecule has 1 saturated carbocycles. The van der Waals surface area contributed by atoms with Crippen LogP contribution in [-0.2, 0) is 5.41 Å². The Bertz CT molecular complexity index is 626. The third kappa shape index (κ3) is 2.13. The Hall–Kier alpha value is -1.13. The van der Waals surface area contributed by atoms with E-state index >= 15 is 0 Å². The minimum absolute atomic E-state index is 0.113. The van der Waals surface area contributed by atoms with Crippen molar-refractivity contribution in [3.63, 3.8) is 0 Å². The fraction of sp³-hybridized carbons (Fsp3) is 0.400. The van der Waals surface area contributed by atoms with Gasteiger partial charge >= 0.3 is 0 Å². The van der Waals surface area contributed by atoms with Crippen LogP contribution in [0.1, 0.15) is 29.7 Å². The van der Waals surface area contributed by atoms with Gasteiger partial charge in [-0.15, -0.1) is 0 Å². The first-order valence-corrected chi connectivity index (χ1v) is 7.38. The number of nitrogens with zero attached hydrogens (tertiary/aromatic N) is 2. The summed E-state index contributed by atoms with van der Waals surface area (Å²) in [5.41, 5.74) is 10.7. The van der Waals surface area contributed by atoms with Crippen LogP contribution in [-0.4, -0.2) is 16.3 Å². The molecular formula is C15H18BrN3. The topological polar surface area (TPSA) is 43.8 Å². The van der Waals surface area contributed by atoms with Gasteiger partial charge in [-0.05, 0) is 59.8 Å². The maximum atomic E-state index is 5.90. The maximum absolute atomic E-state index is 5.90. The van der Waals surface area contributed by atoms with E-state index < -0.39 is 0 Å². The number of halogens is 1. The highest BCUT2D eigenvalue weighted by Crippen LogP contribution is 2.49. The second-order valence-corrected chi connectivity index (χ2v) is 6.40. The third-order valence-corrected chi connectivity index (χ3v) is 4.61. The zero-order valence-corrected chi connectivity index (χ0v) is 12.9. The van der Waals surface area contributed by atoms with Crippen LogP contribution >= 0.6 is 15.9 Å². The summed E-state index contributed by atoms with van der Waals surface area (Å²) in [6.45, 7) is 4.89. The van der Waals surface area contributed by atoms with Crippen molar-refractivity contribution >= 4 is 15.9 Å². The highest BCUT2D eigenvalue weighted by atomic mass is 79.9. The highest BCUT2D eigenvalue weighted by Gasteiger charge is 2.46. The number of aryl methyl sites for hydroxylation is 2. The van der Waals surface area contributed by atoms with Gasteiger partial charge in [0.15, 0.2) is 0 Å². The summed E-state index contributed by atoms with van der Waals surface area (Å²) in [6.07, 6.45) is 4.34. The zero-order valence-electron chi connectivity index (χ0n) is 11.3. The van der Waals surface area contributed by atoms with E-state index in [0.717, 1.165) is 28.7 Å². The van der Waals surface area contributed by atoms with Crippen LogP contribution in [0.15, 0.2) is 28.9 Å². The van der Waals surface area contributed by atoms with Crippen LogP contribution in [0.4, 0.5) is 0 Å². The smallest absolute Gasteiger partial charge is 0.0845 e. The van der Waals surface area contributed by atoms with Crippen LogP contribution in [0.2, 0.25) is 0 Å². The molecule has 0 atom stereocenters. The predicted molar refractivity (Wildman–Crippen MR) is 80.7 cm³/mol. The Labute approximate surface area is 121 Å². The summed E-state index contributed by atoms with van der Waals surface area (Å²) in [6, 6.07) is 6.43. The fourth-order valence-corrected chi connectivity index (χ4v) is 3.18. The summed E-state index contributed by atoms with van der Waals surface area (Å²) >= 11 is 3.64. The van der Waals surface area contributed by atoms with E-state index in [9.17, 15) is 0 Å². The first-order valence-electron chi connectivity index (χ1n) is 6.59. The van der Waals surface area contributed by atoms with Crippen LogP contribution in [0.5, 0.6) is 0 Å². The molecule has 1 heterocycles. The van der Waals surface area contributed by atoms with Crippen molar-refractivity contribution < 1.29 is 0 Å². The van der Waals surface area contributed by atoms with E-state index in [1.807, 2.05) is 10.9 Å². The van der Waals surface area contributed by atoms with Crippen molar-refractivity contribution in [3.8, 4) is 5.69 Å². The zero-order chi connectivity index (χ0) is 13.6. The van der Waals surface area contributed by atoms with Crippen LogP contribution in [0, 0.1) is 13.8 Å². The first kappa shape index (κ1) is 12.9. The molecule has 0 aliphatic heterocycles. The molecule has 1 aliphatic carbocycles. The van der Waals surface area contributed by atoms with Gasteiger partial charge in [0.1, 0.15) is 0 Å². The average Bonchev–Trinajstić information content (AvgIpc) is 3.10. The molecule has 100 valence electrons. The predicted octanol–water partition coefficient (Wildman–Crippen LogP) is 3.24. The number of benzene rings is 1. The molecule has 4 heteroatoms. The van der Waals surface area contributed by atoms with E-state index in [4.69, 9.17) is 10.8 Å². The van der Waals surface area contributed by atoms with Crippen LogP contribution < -0.4 is 5.73 Å². The molecule has 0 radical (unpaired) electrons. The van der Waals surface area contributed by atoms with E-state index in [1.165, 1.54) is 11.1 Å². The lowest BCUT2D eigenvalue weighted by Crippen LogP contribution is -2.21. The van der Waals surface area contributed by atoms with E-state index in [2.05, 4.69) is 48.0 Å². The van der Waals surface area contributed by atoms with Gasteiger partial charge in [-0.1, -0.05) is 12.1 Å². The molecule has 3 rings (SSSR count). The Balaban J connectivity index is 2.07. The van der Waals surface area contributed by atoms with Gasteiger partial charge in [0, 0.05) is 18.2 Å². The molecule has 2 N–H and O–H groups in total. The van der Waals surface area contributed by atoms with Crippen molar-refractivity contribution in [2.75, 3.05) is 6.54 Å². The molecule has 19 heavy (non-hydrogen) atoms. The van der Waals surface area contributed by atoms with Crippen molar-refractivity contribution in [1.82, 2.24) is 9.78 Å². The lowest BCUT2D eigenvalue weighted by Gasteiger charge is -2.10. The Kier molecular flexibility index (Phi) is 3.02. The number of rotatable bonds is 3. The molecule has 1 aliphatic rings. The van der Waals surface area contributed by atoms with E-state index in [1.54, 1.807) is 0 Å². The second kappa shape index (κ2) is 4.46. The Morgan fingerprint density at radius 3 is 2.74 bits per heavy atom. The number of hydrogen-bond acceptors (Lipinski definition) is 2. The summed E-state index contributed by atoms with van der Waals surface area (Å²) in [4.78, 5) is 0. The standard InChI is InChI=1S/C15H18BrN3/c1-10-3-4-11(2)13(7-10)19-8-12(16)14(18-19)15(9-17)5-6-15/h3-4,7-8H,5-6,9,17H2,1-2H3. The molecule has 0 bridgehead atoms. The summed E-state index contributed by atoms with van der Waals surface area (Å²) in [5, 5.41) is 4.78. The van der Waals surface area contributed by atoms with E-state index in [0.29, 0.717) is 6.54 Å². The van der Waals surface area contributed by atoms with Crippen molar-refractivity contribution in [2.45, 2.75) is 32.1 Å². The van der Waals surface area contributed by atoms with Crippen LogP contribution in [0.25, 0.3) is 5.69 Å². The van der Waals surface area contributed by atoms with Crippen molar-refractivity contribution in [3.05, 3.63) is 45.7 Å². The molecule has 3 nitrogen and oxygen atoms in total. The van der Waals surface area contributed by atoms with Gasteiger partial charge in [0.2, 0.25) is 0 Å². The normalized spacial score (nSPS) is 16.6. The molecule has 1 aromatic heterocycles. The lowest BCUT2D eigenvalue weighted by molar-refractivity contribution is 0.658. The number of nitrogens with two attached hydrogens (primary N) is 1. The van der Waals surface area contributed by atoms with Gasteiger partial charge in [-0.3, -0.25) is 0 Å². The maximum Gasteiger partial charge on any atom is 0.0845 e. The Morgan fingerprint density at radius 2 is 2.11 bits per heavy atom. The molecule has 1 fully saturated rings. The van der Waals surface area contributed by atoms with E-state index in [-0.39, 0.29) is 5.41 Å². The van der Waals surface area contributed by atoms with Gasteiger partial charge in [0.25, 0.3) is 0 Å². The molecule has 0 spiro atoms. The molecule has 0 amide bonds. The average molecular weight is 320 g/mol. The third-order valence-electron chi connectivity index (χ3n) is 4.03. The summed E-state index contributed by atoms with van der Waals surface area (Å²) < 4.78 is 3.04. The second-order valence-electron chi connectivity index (χ2n) is 5.54. The monoisotopic (exact) mass is 319 g/mol. The fourth-order valence-electron chi connectivity index (χ4n) is 2.49. The molecule has 0 saturated heterocycles. The van der Waals surface area contributed by atoms with Gasteiger partial charge in [-0.2, -0.15) is 5.10 Å². The van der Waals surface area contributed by atoms with Crippen LogP contribution in [0.3, 0.4) is 0 Å². The van der Waals surface area contributed by atoms with Crippen molar-refractivity contribution in [1.29, 1.82) is 0 Å². The highest BCUT2D eigenvalue weighted by molar-refractivity contribution is 9.10. The minimum atomic E-state index is 0.113. The van der Waals surface area contributed by atoms with Crippen molar-refractivity contribution in [2.24, 2.45) is 5.73 Å².